The van der Waals surface area contributed by atoms with Gasteiger partial charge in [-0.05, 0) is 6.07 Å². The monoisotopic (exact) mass is 156 g/mol. The molecule has 11 heavy (non-hydrogen) atoms. The van der Waals surface area contributed by atoms with Gasteiger partial charge in [-0.15, -0.1) is 0 Å². The molecule has 0 bridgehead atoms. The zero-order valence-electron chi connectivity index (χ0n) is 5.81. The van der Waals surface area contributed by atoms with Crippen molar-refractivity contribution >= 4 is 12.2 Å². The molecule has 5 nitrogen and oxygen atoms in total. The lowest BCUT2D eigenvalue weighted by Crippen LogP contribution is -1.95. The van der Waals surface area contributed by atoms with Gasteiger partial charge in [-0.3, -0.25) is 4.79 Å². The number of aldehydes is 1. The first-order valence-corrected chi connectivity index (χ1v) is 2.84. The zero-order valence-corrected chi connectivity index (χ0v) is 5.81. The molecule has 0 aliphatic rings. The molecule has 0 saturated carbocycles. The maximum absolute atomic E-state index is 10.6. The Morgan fingerprint density at radius 1 is 1.64 bits per heavy atom. The van der Waals surface area contributed by atoms with Crippen LogP contribution in [0.15, 0.2) is 16.5 Å². The number of furan rings is 1. The standard InChI is InChI=1S/C6H6NO4/c1-10-7(9)6-3-2-5(4-8)11-6/h2-4H,1H3/q+1. The summed E-state index contributed by atoms with van der Waals surface area (Å²) in [4.78, 5) is 25.1. The van der Waals surface area contributed by atoms with Gasteiger partial charge in [0.1, 0.15) is 0 Å². The van der Waals surface area contributed by atoms with E-state index in [4.69, 9.17) is 4.42 Å². The van der Waals surface area contributed by atoms with Crippen LogP contribution < -0.4 is 0 Å². The van der Waals surface area contributed by atoms with E-state index in [0.29, 0.717) is 6.29 Å². The van der Waals surface area contributed by atoms with E-state index in [1.165, 1.54) is 19.2 Å². The minimum atomic E-state index is -0.0467. The molecule has 0 saturated heterocycles. The molecule has 5 heteroatoms. The largest absolute Gasteiger partial charge is 0.480 e. The molecular formula is C6H6NO4+. The Hall–Kier alpha value is -1.65. The van der Waals surface area contributed by atoms with Crippen LogP contribution in [0.4, 0.5) is 5.88 Å². The van der Waals surface area contributed by atoms with Gasteiger partial charge in [0.2, 0.25) is 0 Å². The van der Waals surface area contributed by atoms with Gasteiger partial charge in [0.05, 0.1) is 11.0 Å². The van der Waals surface area contributed by atoms with Gasteiger partial charge in [0.15, 0.2) is 19.2 Å². The first-order chi connectivity index (χ1) is 5.27. The van der Waals surface area contributed by atoms with Crippen molar-refractivity contribution in [1.29, 1.82) is 0 Å². The highest BCUT2D eigenvalue weighted by atomic mass is 16.8. The van der Waals surface area contributed by atoms with Crippen molar-refractivity contribution in [3.63, 3.8) is 0 Å². The predicted molar refractivity (Wildman–Crippen MR) is 34.4 cm³/mol. The molecule has 0 radical (unpaired) electrons. The van der Waals surface area contributed by atoms with E-state index >= 15 is 0 Å². The SMILES string of the molecule is CO[N+](=O)c1ccc(C=O)o1. The molecule has 0 N–H and O–H groups in total. The Bertz CT molecular complexity index is 278. The van der Waals surface area contributed by atoms with E-state index in [1.54, 1.807) is 0 Å². The summed E-state index contributed by atoms with van der Waals surface area (Å²) in [6.07, 6.45) is 0.507. The number of hydrogen-bond donors (Lipinski definition) is 0. The Kier molecular flexibility index (Phi) is 2.00. The molecule has 1 heterocycles. The number of carbonyl (C=O) groups excluding carboxylic acids is 1. The quantitative estimate of drug-likeness (QED) is 0.485. The van der Waals surface area contributed by atoms with E-state index in [1.807, 2.05) is 0 Å². The smallest absolute Gasteiger partial charge is 0.395 e. The van der Waals surface area contributed by atoms with Crippen LogP contribution in [0, 0.1) is 4.91 Å². The molecule has 0 aliphatic carbocycles. The first-order valence-electron chi connectivity index (χ1n) is 2.84. The second-order valence-electron chi connectivity index (χ2n) is 1.73. The van der Waals surface area contributed by atoms with Crippen molar-refractivity contribution in [3.8, 4) is 0 Å². The number of carbonyl (C=O) groups is 1. The predicted octanol–water partition coefficient (Wildman–Crippen LogP) is 1.06. The number of hydrogen-bond acceptors (Lipinski definition) is 4. The van der Waals surface area contributed by atoms with Crippen LogP contribution in [0.5, 0.6) is 0 Å². The Morgan fingerprint density at radius 2 is 2.36 bits per heavy atom. The van der Waals surface area contributed by atoms with Gasteiger partial charge in [0.25, 0.3) is 4.92 Å². The molecule has 0 aromatic carbocycles. The molecule has 58 valence electrons. The lowest BCUT2D eigenvalue weighted by atomic mass is 10.5. The summed E-state index contributed by atoms with van der Waals surface area (Å²) >= 11 is 0. The van der Waals surface area contributed by atoms with Crippen molar-refractivity contribution in [3.05, 3.63) is 22.8 Å². The van der Waals surface area contributed by atoms with E-state index < -0.39 is 0 Å². The van der Waals surface area contributed by atoms with Crippen molar-refractivity contribution in [2.75, 3.05) is 7.11 Å². The van der Waals surface area contributed by atoms with Crippen LogP contribution in [0.3, 0.4) is 0 Å². The highest BCUT2D eigenvalue weighted by Crippen LogP contribution is 2.14. The molecule has 1 aromatic heterocycles. The topological polar surface area (TPSA) is 59.5 Å². The van der Waals surface area contributed by atoms with Crippen LogP contribution in [0.2, 0.25) is 0 Å². The van der Waals surface area contributed by atoms with Gasteiger partial charge in [0, 0.05) is 0 Å². The normalized spacial score (nSPS) is 9.18. The fraction of sp³-hybridized carbons (Fsp3) is 0.167. The van der Waals surface area contributed by atoms with Crippen LogP contribution in [-0.2, 0) is 4.84 Å². The minimum Gasteiger partial charge on any atom is -0.395 e. The van der Waals surface area contributed by atoms with E-state index in [-0.39, 0.29) is 16.6 Å². The summed E-state index contributed by atoms with van der Waals surface area (Å²) < 4.78 is 4.71. The van der Waals surface area contributed by atoms with Gasteiger partial charge < -0.3 is 4.42 Å². The number of rotatable bonds is 3. The highest BCUT2D eigenvalue weighted by molar-refractivity contribution is 5.70. The lowest BCUT2D eigenvalue weighted by Gasteiger charge is -1.79. The average molecular weight is 156 g/mol. The maximum atomic E-state index is 10.6. The van der Waals surface area contributed by atoms with Gasteiger partial charge in [-0.25, -0.2) is 4.84 Å². The van der Waals surface area contributed by atoms with Crippen molar-refractivity contribution in [1.82, 2.24) is 0 Å². The summed E-state index contributed by atoms with van der Waals surface area (Å²) in [5, 5.41) is 0. The van der Waals surface area contributed by atoms with Gasteiger partial charge in [-0.2, -0.15) is 0 Å². The summed E-state index contributed by atoms with van der Waals surface area (Å²) in [6.45, 7) is 0. The molecule has 0 unspecified atom stereocenters. The maximum Gasteiger partial charge on any atom is 0.480 e. The lowest BCUT2D eigenvalue weighted by molar-refractivity contribution is -0.744. The van der Waals surface area contributed by atoms with Crippen molar-refractivity contribution in [2.45, 2.75) is 0 Å². The second kappa shape index (κ2) is 2.96. The van der Waals surface area contributed by atoms with Gasteiger partial charge in [-0.1, -0.05) is 0 Å². The first kappa shape index (κ1) is 7.46. The Labute approximate surface area is 62.1 Å². The third kappa shape index (κ3) is 1.43. The van der Waals surface area contributed by atoms with Crippen LogP contribution in [-0.4, -0.2) is 18.3 Å². The molecule has 0 atom stereocenters. The van der Waals surface area contributed by atoms with E-state index in [0.717, 1.165) is 0 Å². The molecular weight excluding hydrogens is 150 g/mol. The number of nitrogens with zero attached hydrogens (tertiary/aromatic N) is 1. The third-order valence-corrected chi connectivity index (χ3v) is 1.07. The molecule has 1 aromatic rings. The molecule has 0 amide bonds. The fourth-order valence-corrected chi connectivity index (χ4v) is 0.594. The van der Waals surface area contributed by atoms with Crippen molar-refractivity contribution in [2.24, 2.45) is 0 Å². The Balaban J connectivity index is 2.88. The van der Waals surface area contributed by atoms with E-state index in [2.05, 4.69) is 4.84 Å². The zero-order chi connectivity index (χ0) is 8.27. The van der Waals surface area contributed by atoms with E-state index in [9.17, 15) is 9.70 Å². The third-order valence-electron chi connectivity index (χ3n) is 1.07. The summed E-state index contributed by atoms with van der Waals surface area (Å²) in [5.74, 6) is 0.0486. The highest BCUT2D eigenvalue weighted by Gasteiger charge is 2.19. The minimum absolute atomic E-state index is 0.0467. The van der Waals surface area contributed by atoms with Crippen LogP contribution in [0.1, 0.15) is 10.6 Å². The van der Waals surface area contributed by atoms with Crippen molar-refractivity contribution < 1.29 is 19.0 Å². The van der Waals surface area contributed by atoms with Crippen LogP contribution in [0.25, 0.3) is 0 Å². The summed E-state index contributed by atoms with van der Waals surface area (Å²) in [7, 11) is 1.20. The van der Waals surface area contributed by atoms with Gasteiger partial charge >= 0.3 is 5.88 Å². The Morgan fingerprint density at radius 3 is 2.82 bits per heavy atom. The average Bonchev–Trinajstić information content (AvgIpc) is 2.50. The molecule has 1 rings (SSSR count). The molecule has 0 spiro atoms. The summed E-state index contributed by atoms with van der Waals surface area (Å²) in [5.41, 5.74) is 0. The van der Waals surface area contributed by atoms with Crippen LogP contribution >= 0.6 is 0 Å². The fourth-order valence-electron chi connectivity index (χ4n) is 0.594. The molecule has 0 aliphatic heterocycles. The molecule has 0 fully saturated rings. The summed E-state index contributed by atoms with van der Waals surface area (Å²) in [6, 6.07) is 2.73. The second-order valence-corrected chi connectivity index (χ2v) is 1.73.